The van der Waals surface area contributed by atoms with Crippen LogP contribution in [0.5, 0.6) is 0 Å². The number of alkyl halides is 2. The maximum atomic E-state index is 12.2. The molecule has 1 rings (SSSR count). The maximum absolute atomic E-state index is 12.2. The van der Waals surface area contributed by atoms with Crippen molar-refractivity contribution >= 4 is 0 Å². The van der Waals surface area contributed by atoms with E-state index in [0.717, 1.165) is 13.1 Å². The number of nitrogens with one attached hydrogen (secondary N) is 1. The molecule has 4 heteroatoms. The first-order valence-corrected chi connectivity index (χ1v) is 5.69. The van der Waals surface area contributed by atoms with Crippen LogP contribution in [0.3, 0.4) is 0 Å². The Morgan fingerprint density at radius 3 is 2.40 bits per heavy atom. The highest BCUT2D eigenvalue weighted by molar-refractivity contribution is 4.88. The molecular weight excluding hydrogens is 198 g/mol. The Bertz CT molecular complexity index is 179. The van der Waals surface area contributed by atoms with Crippen molar-refractivity contribution in [2.75, 3.05) is 33.7 Å². The first kappa shape index (κ1) is 12.8. The molecule has 0 aromatic carbocycles. The molecule has 0 saturated heterocycles. The van der Waals surface area contributed by atoms with Crippen molar-refractivity contribution in [2.45, 2.75) is 32.1 Å². The minimum absolute atomic E-state index is 0.106. The van der Waals surface area contributed by atoms with Crippen molar-refractivity contribution in [3.8, 4) is 0 Å². The molecule has 0 aromatic heterocycles. The second-order valence-electron chi connectivity index (χ2n) is 4.83. The fraction of sp³-hybridized carbons (Fsp3) is 1.00. The van der Waals surface area contributed by atoms with Gasteiger partial charge in [0.15, 0.2) is 0 Å². The Morgan fingerprint density at radius 1 is 1.33 bits per heavy atom. The van der Waals surface area contributed by atoms with Crippen molar-refractivity contribution in [3.05, 3.63) is 0 Å². The molecule has 0 spiro atoms. The lowest BCUT2D eigenvalue weighted by Crippen LogP contribution is -2.41. The van der Waals surface area contributed by atoms with E-state index in [2.05, 4.69) is 5.32 Å². The van der Waals surface area contributed by atoms with Gasteiger partial charge in [-0.25, -0.2) is 8.78 Å². The molecule has 90 valence electrons. The predicted octanol–water partition coefficient (Wildman–Crippen LogP) is 1.96. The lowest BCUT2D eigenvalue weighted by atomic mass is 9.85. The number of hydrogen-bond donors (Lipinski definition) is 1. The van der Waals surface area contributed by atoms with E-state index in [9.17, 15) is 8.78 Å². The summed E-state index contributed by atoms with van der Waals surface area (Å²) in [6.07, 6.45) is 2.60. The number of nitrogens with zero attached hydrogens (tertiary/aromatic N) is 1. The molecule has 0 bridgehead atoms. The van der Waals surface area contributed by atoms with Gasteiger partial charge in [0.25, 0.3) is 6.43 Å². The topological polar surface area (TPSA) is 15.3 Å². The van der Waals surface area contributed by atoms with Crippen molar-refractivity contribution in [2.24, 2.45) is 5.41 Å². The highest BCUT2D eigenvalue weighted by Crippen LogP contribution is 2.38. The molecule has 0 amide bonds. The van der Waals surface area contributed by atoms with Gasteiger partial charge in [-0.05, 0) is 32.4 Å². The maximum Gasteiger partial charge on any atom is 0.251 e. The van der Waals surface area contributed by atoms with E-state index in [1.165, 1.54) is 25.7 Å². The summed E-state index contributed by atoms with van der Waals surface area (Å²) in [6.45, 7) is 1.63. The first-order chi connectivity index (χ1) is 7.08. The molecule has 2 nitrogen and oxygen atoms in total. The monoisotopic (exact) mass is 220 g/mol. The Balaban J connectivity index is 2.43. The minimum atomic E-state index is -2.22. The van der Waals surface area contributed by atoms with Crippen LogP contribution < -0.4 is 5.32 Å². The Morgan fingerprint density at radius 2 is 1.93 bits per heavy atom. The summed E-state index contributed by atoms with van der Waals surface area (Å²) < 4.78 is 24.4. The lowest BCUT2D eigenvalue weighted by molar-refractivity contribution is 0.0760. The van der Waals surface area contributed by atoms with Gasteiger partial charge < -0.3 is 10.2 Å². The van der Waals surface area contributed by atoms with Crippen LogP contribution in [0.4, 0.5) is 8.78 Å². The van der Waals surface area contributed by atoms with Gasteiger partial charge in [-0.1, -0.05) is 12.8 Å². The van der Waals surface area contributed by atoms with E-state index < -0.39 is 6.43 Å². The summed E-state index contributed by atoms with van der Waals surface area (Å²) in [6, 6.07) is 0. The standard InChI is InChI=1S/C11H22F2N2/c1-14-8-11(5-3-4-6-11)9-15(2)7-10(12)13/h10,14H,3-9H2,1-2H3. The van der Waals surface area contributed by atoms with Crippen LogP contribution in [0.15, 0.2) is 0 Å². The molecule has 0 atom stereocenters. The normalized spacial score (nSPS) is 20.4. The third-order valence-corrected chi connectivity index (χ3v) is 3.27. The second kappa shape index (κ2) is 5.75. The van der Waals surface area contributed by atoms with E-state index in [1.807, 2.05) is 7.05 Å². The summed E-state index contributed by atoms with van der Waals surface area (Å²) in [5.74, 6) is 0. The van der Waals surface area contributed by atoms with Crippen LogP contribution in [0, 0.1) is 5.41 Å². The van der Waals surface area contributed by atoms with Gasteiger partial charge in [0, 0.05) is 13.1 Å². The van der Waals surface area contributed by atoms with E-state index >= 15 is 0 Å². The highest BCUT2D eigenvalue weighted by atomic mass is 19.3. The van der Waals surface area contributed by atoms with Crippen LogP contribution in [0.1, 0.15) is 25.7 Å². The van der Waals surface area contributed by atoms with Crippen LogP contribution in [-0.4, -0.2) is 45.1 Å². The summed E-state index contributed by atoms with van der Waals surface area (Å²) in [4.78, 5) is 1.77. The molecular formula is C11H22F2N2. The van der Waals surface area contributed by atoms with E-state index in [4.69, 9.17) is 0 Å². The third-order valence-electron chi connectivity index (χ3n) is 3.27. The molecule has 0 heterocycles. The highest BCUT2D eigenvalue weighted by Gasteiger charge is 2.34. The Labute approximate surface area is 91.0 Å². The molecule has 0 radical (unpaired) electrons. The van der Waals surface area contributed by atoms with Gasteiger partial charge in [0.1, 0.15) is 0 Å². The fourth-order valence-electron chi connectivity index (χ4n) is 2.76. The van der Waals surface area contributed by atoms with Crippen molar-refractivity contribution in [1.82, 2.24) is 10.2 Å². The van der Waals surface area contributed by atoms with Crippen LogP contribution >= 0.6 is 0 Å². The summed E-state index contributed by atoms with van der Waals surface area (Å²) in [7, 11) is 3.73. The zero-order chi connectivity index (χ0) is 11.3. The molecule has 1 aliphatic rings. The van der Waals surface area contributed by atoms with Gasteiger partial charge in [0.2, 0.25) is 0 Å². The number of hydrogen-bond acceptors (Lipinski definition) is 2. The molecule has 1 N–H and O–H groups in total. The molecule has 1 saturated carbocycles. The van der Waals surface area contributed by atoms with Crippen LogP contribution in [0.25, 0.3) is 0 Å². The summed E-state index contributed by atoms with van der Waals surface area (Å²) in [5.41, 5.74) is 0.235. The largest absolute Gasteiger partial charge is 0.319 e. The van der Waals surface area contributed by atoms with Gasteiger partial charge in [0.05, 0.1) is 6.54 Å². The quantitative estimate of drug-likeness (QED) is 0.736. The average molecular weight is 220 g/mol. The first-order valence-electron chi connectivity index (χ1n) is 5.69. The van der Waals surface area contributed by atoms with Gasteiger partial charge in [-0.2, -0.15) is 0 Å². The van der Waals surface area contributed by atoms with Crippen LogP contribution in [-0.2, 0) is 0 Å². The van der Waals surface area contributed by atoms with E-state index in [1.54, 1.807) is 11.9 Å². The minimum Gasteiger partial charge on any atom is -0.319 e. The predicted molar refractivity (Wildman–Crippen MR) is 58.3 cm³/mol. The zero-order valence-electron chi connectivity index (χ0n) is 9.73. The smallest absolute Gasteiger partial charge is 0.251 e. The lowest BCUT2D eigenvalue weighted by Gasteiger charge is -2.33. The summed E-state index contributed by atoms with van der Waals surface area (Å²) >= 11 is 0. The molecule has 1 aliphatic carbocycles. The average Bonchev–Trinajstić information content (AvgIpc) is 2.51. The van der Waals surface area contributed by atoms with Crippen LogP contribution in [0.2, 0.25) is 0 Å². The van der Waals surface area contributed by atoms with Gasteiger partial charge >= 0.3 is 0 Å². The van der Waals surface area contributed by atoms with Gasteiger partial charge in [-0.3, -0.25) is 0 Å². The van der Waals surface area contributed by atoms with E-state index in [-0.39, 0.29) is 12.0 Å². The van der Waals surface area contributed by atoms with Crippen molar-refractivity contribution in [1.29, 1.82) is 0 Å². The second-order valence-corrected chi connectivity index (χ2v) is 4.83. The molecule has 15 heavy (non-hydrogen) atoms. The molecule has 0 aromatic rings. The van der Waals surface area contributed by atoms with Crippen molar-refractivity contribution < 1.29 is 8.78 Å². The Hall–Kier alpha value is -0.220. The summed E-state index contributed by atoms with van der Waals surface area (Å²) in [5, 5.41) is 3.19. The Kier molecular flexibility index (Phi) is 4.93. The number of halogens is 2. The van der Waals surface area contributed by atoms with E-state index in [0.29, 0.717) is 0 Å². The SMILES string of the molecule is CNCC1(CN(C)CC(F)F)CCCC1. The molecule has 0 unspecified atom stereocenters. The zero-order valence-corrected chi connectivity index (χ0v) is 9.73. The van der Waals surface area contributed by atoms with Crippen molar-refractivity contribution in [3.63, 3.8) is 0 Å². The number of rotatable bonds is 6. The fourth-order valence-corrected chi connectivity index (χ4v) is 2.76. The molecule has 0 aliphatic heterocycles. The van der Waals surface area contributed by atoms with Gasteiger partial charge in [-0.15, -0.1) is 0 Å². The third kappa shape index (κ3) is 4.03. The molecule has 1 fully saturated rings.